The van der Waals surface area contributed by atoms with Gasteiger partial charge in [0.2, 0.25) is 5.91 Å². The summed E-state index contributed by atoms with van der Waals surface area (Å²) in [5, 5.41) is 6.85. The van der Waals surface area contributed by atoms with Crippen molar-refractivity contribution in [1.29, 1.82) is 0 Å². The van der Waals surface area contributed by atoms with E-state index in [1.807, 2.05) is 19.2 Å². The minimum atomic E-state index is -0.184. The largest absolute Gasteiger partial charge is 0.371 e. The van der Waals surface area contributed by atoms with Crippen molar-refractivity contribution in [2.45, 2.75) is 76.8 Å². The number of benzene rings is 1. The fourth-order valence-electron chi connectivity index (χ4n) is 6.35. The number of hydrogen-bond donors (Lipinski definition) is 2. The van der Waals surface area contributed by atoms with E-state index in [1.54, 1.807) is 12.1 Å². The Labute approximate surface area is 214 Å². The number of nitrogens with one attached hydrogen (secondary N) is 2. The summed E-state index contributed by atoms with van der Waals surface area (Å²) in [5.41, 5.74) is 2.64. The number of nitrogens with zero attached hydrogens (tertiary/aromatic N) is 3. The maximum absolute atomic E-state index is 13.7. The molecule has 1 aliphatic carbocycles. The Hall–Kier alpha value is -2.83. The number of aromatic nitrogens is 1. The summed E-state index contributed by atoms with van der Waals surface area (Å²) < 4.78 is 13.7. The van der Waals surface area contributed by atoms with Crippen molar-refractivity contribution >= 4 is 23.1 Å². The van der Waals surface area contributed by atoms with Crippen molar-refractivity contribution in [3.05, 3.63) is 48.4 Å². The molecule has 0 bridgehead atoms. The Bertz CT molecular complexity index is 1030. The zero-order valence-electron chi connectivity index (χ0n) is 21.5. The summed E-state index contributed by atoms with van der Waals surface area (Å²) in [4.78, 5) is 21.1. The van der Waals surface area contributed by atoms with Gasteiger partial charge in [-0.1, -0.05) is 13.0 Å². The molecule has 1 saturated carbocycles. The summed E-state index contributed by atoms with van der Waals surface area (Å²) in [5.74, 6) is 0.922. The second-order valence-electron chi connectivity index (χ2n) is 11.0. The highest BCUT2D eigenvalue weighted by Crippen LogP contribution is 2.45. The van der Waals surface area contributed by atoms with Gasteiger partial charge in [0.05, 0.1) is 0 Å². The van der Waals surface area contributed by atoms with Gasteiger partial charge in [0, 0.05) is 68.3 Å². The van der Waals surface area contributed by atoms with Gasteiger partial charge in [0.25, 0.3) is 0 Å². The zero-order chi connectivity index (χ0) is 25.0. The van der Waals surface area contributed by atoms with Crippen LogP contribution in [0, 0.1) is 11.2 Å². The molecule has 1 aromatic carbocycles. The maximum atomic E-state index is 13.7. The van der Waals surface area contributed by atoms with E-state index in [-0.39, 0.29) is 17.8 Å². The topological polar surface area (TPSA) is 60.5 Å². The summed E-state index contributed by atoms with van der Waals surface area (Å²) >= 11 is 0. The number of rotatable bonds is 6. The zero-order valence-corrected chi connectivity index (χ0v) is 21.5. The highest BCUT2D eigenvalue weighted by atomic mass is 19.1. The average Bonchev–Trinajstić information content (AvgIpc) is 2.91. The van der Waals surface area contributed by atoms with Crippen LogP contribution >= 0.6 is 0 Å². The number of halogens is 1. The SMILES string of the molecule is CCC(=O)NC1CCC2(CC1)CCN(c1ccnc(N[C@@H]3CCCN(c4cccc(F)c4)C3)c1)CC2. The number of amides is 1. The van der Waals surface area contributed by atoms with Gasteiger partial charge >= 0.3 is 0 Å². The molecule has 6 nitrogen and oxygen atoms in total. The van der Waals surface area contributed by atoms with Crippen molar-refractivity contribution < 1.29 is 9.18 Å². The number of carbonyl (C=O) groups is 1. The maximum Gasteiger partial charge on any atom is 0.219 e. The van der Waals surface area contributed by atoms with Crippen LogP contribution in [0.2, 0.25) is 0 Å². The van der Waals surface area contributed by atoms with Crippen molar-refractivity contribution in [2.24, 2.45) is 5.41 Å². The molecule has 1 amide bonds. The molecule has 1 spiro atoms. The molecular weight excluding hydrogens is 453 g/mol. The lowest BCUT2D eigenvalue weighted by Crippen LogP contribution is -2.45. The first-order valence-corrected chi connectivity index (χ1v) is 13.8. The quantitative estimate of drug-likeness (QED) is 0.568. The van der Waals surface area contributed by atoms with Gasteiger partial charge < -0.3 is 20.4 Å². The van der Waals surface area contributed by atoms with Crippen LogP contribution in [0.5, 0.6) is 0 Å². The lowest BCUT2D eigenvalue weighted by atomic mass is 9.67. The first-order valence-electron chi connectivity index (χ1n) is 13.8. The van der Waals surface area contributed by atoms with Gasteiger partial charge in [0.1, 0.15) is 11.6 Å². The Balaban J connectivity index is 1.14. The predicted molar refractivity (Wildman–Crippen MR) is 144 cm³/mol. The van der Waals surface area contributed by atoms with E-state index < -0.39 is 0 Å². The summed E-state index contributed by atoms with van der Waals surface area (Å²) in [6, 6.07) is 11.9. The van der Waals surface area contributed by atoms with E-state index in [4.69, 9.17) is 0 Å². The van der Waals surface area contributed by atoms with E-state index in [1.165, 1.54) is 37.4 Å². The number of carbonyl (C=O) groups excluding carboxylic acids is 1. The van der Waals surface area contributed by atoms with Gasteiger partial charge in [-0.2, -0.15) is 0 Å². The van der Waals surface area contributed by atoms with Crippen LogP contribution in [0.25, 0.3) is 0 Å². The number of anilines is 3. The van der Waals surface area contributed by atoms with Crippen LogP contribution in [-0.4, -0.2) is 49.2 Å². The molecule has 0 radical (unpaired) electrons. The second kappa shape index (κ2) is 11.1. The molecule has 5 rings (SSSR count). The van der Waals surface area contributed by atoms with Crippen LogP contribution in [0.15, 0.2) is 42.6 Å². The second-order valence-corrected chi connectivity index (χ2v) is 11.0. The Morgan fingerprint density at radius 1 is 1.00 bits per heavy atom. The molecule has 3 aliphatic rings. The monoisotopic (exact) mass is 493 g/mol. The van der Waals surface area contributed by atoms with Gasteiger partial charge in [-0.3, -0.25) is 4.79 Å². The molecule has 7 heteroatoms. The lowest BCUT2D eigenvalue weighted by molar-refractivity contribution is -0.121. The van der Waals surface area contributed by atoms with Gasteiger partial charge in [0.15, 0.2) is 0 Å². The third-order valence-corrected chi connectivity index (χ3v) is 8.61. The van der Waals surface area contributed by atoms with Crippen LogP contribution in [0.3, 0.4) is 0 Å². The molecule has 2 aliphatic heterocycles. The summed E-state index contributed by atoms with van der Waals surface area (Å²) in [7, 11) is 0. The van der Waals surface area contributed by atoms with Crippen molar-refractivity contribution in [3.8, 4) is 0 Å². The van der Waals surface area contributed by atoms with Crippen LogP contribution in [0.4, 0.5) is 21.6 Å². The van der Waals surface area contributed by atoms with E-state index in [0.29, 0.717) is 17.9 Å². The van der Waals surface area contributed by atoms with E-state index in [9.17, 15) is 9.18 Å². The Morgan fingerprint density at radius 2 is 1.78 bits per heavy atom. The molecule has 2 N–H and O–H groups in total. The minimum absolute atomic E-state index is 0.183. The smallest absolute Gasteiger partial charge is 0.219 e. The first-order chi connectivity index (χ1) is 17.5. The van der Waals surface area contributed by atoms with Crippen molar-refractivity contribution in [3.63, 3.8) is 0 Å². The van der Waals surface area contributed by atoms with Gasteiger partial charge in [-0.15, -0.1) is 0 Å². The molecule has 36 heavy (non-hydrogen) atoms. The molecule has 2 saturated heterocycles. The number of pyridine rings is 1. The van der Waals surface area contributed by atoms with Crippen molar-refractivity contribution in [1.82, 2.24) is 10.3 Å². The molecule has 3 fully saturated rings. The number of piperidine rings is 2. The normalized spacial score (nSPS) is 22.4. The number of hydrogen-bond acceptors (Lipinski definition) is 5. The average molecular weight is 494 g/mol. The molecule has 1 aromatic heterocycles. The van der Waals surface area contributed by atoms with Crippen molar-refractivity contribution in [2.75, 3.05) is 41.3 Å². The molecule has 0 unspecified atom stereocenters. The minimum Gasteiger partial charge on any atom is -0.371 e. The summed E-state index contributed by atoms with van der Waals surface area (Å²) in [6.45, 7) is 5.88. The summed E-state index contributed by atoms with van der Waals surface area (Å²) in [6.07, 6.45) is 11.8. The van der Waals surface area contributed by atoms with Crippen LogP contribution in [-0.2, 0) is 4.79 Å². The predicted octanol–water partition coefficient (Wildman–Crippen LogP) is 5.36. The van der Waals surface area contributed by atoms with E-state index in [0.717, 1.165) is 63.4 Å². The fourth-order valence-corrected chi connectivity index (χ4v) is 6.35. The van der Waals surface area contributed by atoms with Gasteiger partial charge in [-0.25, -0.2) is 9.37 Å². The van der Waals surface area contributed by atoms with Crippen LogP contribution in [0.1, 0.15) is 64.7 Å². The van der Waals surface area contributed by atoms with E-state index >= 15 is 0 Å². The Morgan fingerprint density at radius 3 is 2.53 bits per heavy atom. The van der Waals surface area contributed by atoms with Crippen LogP contribution < -0.4 is 20.4 Å². The van der Waals surface area contributed by atoms with Gasteiger partial charge in [-0.05, 0) is 81.0 Å². The van der Waals surface area contributed by atoms with E-state index in [2.05, 4.69) is 37.6 Å². The molecule has 194 valence electrons. The molecule has 2 aromatic rings. The first kappa shape index (κ1) is 24.8. The Kier molecular flexibility index (Phi) is 7.63. The highest BCUT2D eigenvalue weighted by Gasteiger charge is 2.38. The standard InChI is InChI=1S/C29H40FN5O/c1-2-28(36)33-23-8-11-29(12-9-23)13-17-34(18-14-29)26-10-15-31-27(20-26)32-24-6-4-16-35(21-24)25-7-3-5-22(30)19-25/h3,5,7,10,15,19-20,23-24H,2,4,6,8-9,11-14,16-18,21H2,1H3,(H,31,32)(H,33,36)/t24-/m1/s1. The lowest BCUT2D eigenvalue weighted by Gasteiger charge is -2.46. The molecule has 3 heterocycles. The highest BCUT2D eigenvalue weighted by molar-refractivity contribution is 5.75. The molecular formula is C29H40FN5O. The third-order valence-electron chi connectivity index (χ3n) is 8.61. The third kappa shape index (κ3) is 5.93. The molecule has 1 atom stereocenters. The fraction of sp³-hybridized carbons (Fsp3) is 0.586.